The lowest BCUT2D eigenvalue weighted by Gasteiger charge is -2.44. The summed E-state index contributed by atoms with van der Waals surface area (Å²) in [6.45, 7) is 5.52. The molecule has 3 aliphatic rings. The molecule has 1 N–H and O–H groups in total. The van der Waals surface area contributed by atoms with E-state index in [9.17, 15) is 4.79 Å². The van der Waals surface area contributed by atoms with Crippen molar-refractivity contribution in [3.05, 3.63) is 0 Å². The van der Waals surface area contributed by atoms with Crippen LogP contribution in [0.1, 0.15) is 58.3 Å². The molecule has 1 saturated carbocycles. The summed E-state index contributed by atoms with van der Waals surface area (Å²) in [4.78, 5) is 15.0. The van der Waals surface area contributed by atoms with Gasteiger partial charge in [-0.3, -0.25) is 4.79 Å². The van der Waals surface area contributed by atoms with Gasteiger partial charge in [0.25, 0.3) is 0 Å². The number of piperidine rings is 1. The Kier molecular flexibility index (Phi) is 4.85. The Morgan fingerprint density at radius 1 is 1.24 bits per heavy atom. The summed E-state index contributed by atoms with van der Waals surface area (Å²) in [6, 6.07) is 0.473. The number of carbonyl (C=O) groups excluding carboxylic acids is 1. The van der Waals surface area contributed by atoms with E-state index in [1.807, 2.05) is 0 Å². The highest BCUT2D eigenvalue weighted by Gasteiger charge is 2.40. The Morgan fingerprint density at radius 2 is 2.00 bits per heavy atom. The maximum atomic E-state index is 12.9. The minimum atomic E-state index is -0.0249. The van der Waals surface area contributed by atoms with Crippen molar-refractivity contribution in [3.8, 4) is 0 Å². The zero-order chi connectivity index (χ0) is 14.7. The van der Waals surface area contributed by atoms with Crippen molar-refractivity contribution < 1.29 is 9.53 Å². The number of hydrogen-bond donors (Lipinski definition) is 1. The van der Waals surface area contributed by atoms with Gasteiger partial charge in [0.15, 0.2) is 0 Å². The highest BCUT2D eigenvalue weighted by atomic mass is 16.5. The van der Waals surface area contributed by atoms with Gasteiger partial charge in [-0.15, -0.1) is 0 Å². The molecule has 3 rings (SSSR count). The highest BCUT2D eigenvalue weighted by Crippen LogP contribution is 2.34. The van der Waals surface area contributed by atoms with Crippen molar-refractivity contribution in [3.63, 3.8) is 0 Å². The van der Waals surface area contributed by atoms with Gasteiger partial charge in [0.1, 0.15) is 0 Å². The van der Waals surface area contributed by atoms with E-state index in [1.54, 1.807) is 0 Å². The number of nitrogens with zero attached hydrogens (tertiary/aromatic N) is 1. The zero-order valence-electron chi connectivity index (χ0n) is 13.4. The molecule has 0 aromatic rings. The van der Waals surface area contributed by atoms with Crippen molar-refractivity contribution in [1.82, 2.24) is 10.2 Å². The smallest absolute Gasteiger partial charge is 0.225 e. The first-order valence-corrected chi connectivity index (χ1v) is 8.85. The van der Waals surface area contributed by atoms with E-state index in [0.717, 1.165) is 51.9 Å². The van der Waals surface area contributed by atoms with E-state index in [2.05, 4.69) is 17.1 Å². The molecule has 21 heavy (non-hydrogen) atoms. The third-order valence-electron chi connectivity index (χ3n) is 5.55. The van der Waals surface area contributed by atoms with Crippen LogP contribution in [0.3, 0.4) is 0 Å². The van der Waals surface area contributed by atoms with Crippen molar-refractivity contribution in [2.75, 3.05) is 26.2 Å². The second-order valence-electron chi connectivity index (χ2n) is 7.28. The van der Waals surface area contributed by atoms with Crippen LogP contribution in [0.4, 0.5) is 0 Å². The number of morpholine rings is 1. The van der Waals surface area contributed by atoms with Gasteiger partial charge in [-0.05, 0) is 39.2 Å². The maximum Gasteiger partial charge on any atom is 0.225 e. The van der Waals surface area contributed by atoms with Crippen LogP contribution in [-0.2, 0) is 9.53 Å². The summed E-state index contributed by atoms with van der Waals surface area (Å²) < 4.78 is 6.17. The van der Waals surface area contributed by atoms with E-state index < -0.39 is 0 Å². The van der Waals surface area contributed by atoms with Crippen molar-refractivity contribution in [2.45, 2.75) is 69.9 Å². The number of carbonyl (C=O) groups is 1. The Balaban J connectivity index is 1.63. The summed E-state index contributed by atoms with van der Waals surface area (Å²) in [5, 5.41) is 3.44. The average molecular weight is 294 g/mol. The number of rotatable bonds is 1. The third-order valence-corrected chi connectivity index (χ3v) is 5.55. The normalized spacial score (nSPS) is 33.7. The van der Waals surface area contributed by atoms with E-state index in [1.165, 1.54) is 25.7 Å². The summed E-state index contributed by atoms with van der Waals surface area (Å²) in [5.74, 6) is 0.609. The molecule has 4 nitrogen and oxygen atoms in total. The van der Waals surface area contributed by atoms with Gasteiger partial charge in [-0.2, -0.15) is 0 Å². The molecule has 2 saturated heterocycles. The van der Waals surface area contributed by atoms with Crippen molar-refractivity contribution in [1.29, 1.82) is 0 Å². The number of ether oxygens (including phenoxy) is 1. The van der Waals surface area contributed by atoms with Gasteiger partial charge >= 0.3 is 0 Å². The van der Waals surface area contributed by atoms with Gasteiger partial charge in [0, 0.05) is 25.0 Å². The van der Waals surface area contributed by atoms with Crippen LogP contribution >= 0.6 is 0 Å². The molecular formula is C17H30N2O2. The number of hydrogen-bond acceptors (Lipinski definition) is 3. The molecule has 2 atom stereocenters. The molecule has 3 fully saturated rings. The first-order chi connectivity index (χ1) is 10.2. The molecular weight excluding hydrogens is 264 g/mol. The van der Waals surface area contributed by atoms with Gasteiger partial charge < -0.3 is 15.0 Å². The van der Waals surface area contributed by atoms with E-state index >= 15 is 0 Å². The molecule has 0 aromatic carbocycles. The van der Waals surface area contributed by atoms with Crippen LogP contribution in [0.15, 0.2) is 0 Å². The van der Waals surface area contributed by atoms with Crippen LogP contribution in [-0.4, -0.2) is 48.7 Å². The molecule has 120 valence electrons. The van der Waals surface area contributed by atoms with Crippen LogP contribution in [0.2, 0.25) is 0 Å². The van der Waals surface area contributed by atoms with Crippen LogP contribution in [0.5, 0.6) is 0 Å². The second kappa shape index (κ2) is 6.66. The molecule has 0 bridgehead atoms. The lowest BCUT2D eigenvalue weighted by atomic mass is 9.89. The van der Waals surface area contributed by atoms with Gasteiger partial charge in [0.05, 0.1) is 12.2 Å². The third kappa shape index (κ3) is 3.59. The largest absolute Gasteiger partial charge is 0.371 e. The molecule has 0 radical (unpaired) electrons. The van der Waals surface area contributed by atoms with Crippen LogP contribution in [0.25, 0.3) is 0 Å². The molecule has 0 unspecified atom stereocenters. The minimum Gasteiger partial charge on any atom is -0.371 e. The monoisotopic (exact) mass is 294 g/mol. The summed E-state index contributed by atoms with van der Waals surface area (Å²) >= 11 is 0. The Hall–Kier alpha value is -0.610. The van der Waals surface area contributed by atoms with Crippen molar-refractivity contribution in [2.24, 2.45) is 5.92 Å². The first-order valence-electron chi connectivity index (χ1n) is 8.85. The molecule has 1 spiro atoms. The van der Waals surface area contributed by atoms with Gasteiger partial charge in [-0.25, -0.2) is 0 Å². The van der Waals surface area contributed by atoms with Gasteiger partial charge in [0.2, 0.25) is 5.91 Å². The fourth-order valence-electron chi connectivity index (χ4n) is 4.32. The van der Waals surface area contributed by atoms with E-state index in [4.69, 9.17) is 4.74 Å². The predicted molar refractivity (Wildman–Crippen MR) is 83.2 cm³/mol. The standard InChI is InChI=1S/C17H30N2O2/c1-14-12-15(6-9-18-14)16(20)19-10-11-21-17(13-19)7-4-2-3-5-8-17/h14-15,18H,2-13H2,1H3/t14-,15-/m0/s1. The Morgan fingerprint density at radius 3 is 2.71 bits per heavy atom. The lowest BCUT2D eigenvalue weighted by Crippen LogP contribution is -2.55. The minimum absolute atomic E-state index is 0.0249. The molecule has 1 aliphatic carbocycles. The number of amides is 1. The zero-order valence-corrected chi connectivity index (χ0v) is 13.4. The summed E-state index contributed by atoms with van der Waals surface area (Å²) in [6.07, 6.45) is 9.42. The SMILES string of the molecule is C[C@H]1C[C@@H](C(=O)N2CCOC3(CCCCCC3)C2)CCN1. The second-order valence-corrected chi connectivity index (χ2v) is 7.28. The number of nitrogens with one attached hydrogen (secondary N) is 1. The van der Waals surface area contributed by atoms with Gasteiger partial charge in [-0.1, -0.05) is 25.7 Å². The van der Waals surface area contributed by atoms with Crippen LogP contribution < -0.4 is 5.32 Å². The summed E-state index contributed by atoms with van der Waals surface area (Å²) in [5.41, 5.74) is -0.0249. The molecule has 2 heterocycles. The predicted octanol–water partition coefficient (Wildman–Crippen LogP) is 2.33. The maximum absolute atomic E-state index is 12.9. The van der Waals surface area contributed by atoms with Crippen molar-refractivity contribution >= 4 is 5.91 Å². The Bertz CT molecular complexity index is 364. The summed E-state index contributed by atoms with van der Waals surface area (Å²) in [7, 11) is 0. The van der Waals surface area contributed by atoms with Crippen LogP contribution in [0, 0.1) is 5.92 Å². The molecule has 0 aromatic heterocycles. The topological polar surface area (TPSA) is 41.6 Å². The Labute approximate surface area is 128 Å². The quantitative estimate of drug-likeness (QED) is 0.807. The average Bonchev–Trinajstić information content (AvgIpc) is 2.72. The molecule has 1 amide bonds. The highest BCUT2D eigenvalue weighted by molar-refractivity contribution is 5.79. The first kappa shape index (κ1) is 15.3. The fraction of sp³-hybridized carbons (Fsp3) is 0.941. The van der Waals surface area contributed by atoms with E-state index in [-0.39, 0.29) is 11.5 Å². The molecule has 2 aliphatic heterocycles. The van der Waals surface area contributed by atoms with E-state index in [0.29, 0.717) is 11.9 Å². The fourth-order valence-corrected chi connectivity index (χ4v) is 4.32. The lowest BCUT2D eigenvalue weighted by molar-refractivity contribution is -0.157. The molecule has 4 heteroatoms.